The second kappa shape index (κ2) is 9.41. The maximum absolute atomic E-state index is 12.4. The molecule has 0 aliphatic rings. The molecular weight excluding hydrogens is 364 g/mol. The smallest absolute Gasteiger partial charge is 0.251 e. The lowest BCUT2D eigenvalue weighted by Gasteiger charge is -2.12. The lowest BCUT2D eigenvalue weighted by Crippen LogP contribution is -2.26. The first kappa shape index (κ1) is 20.8. The predicted octanol–water partition coefficient (Wildman–Crippen LogP) is 3.13. The molecule has 2 N–H and O–H groups in total. The highest BCUT2D eigenvalue weighted by Gasteiger charge is 2.13. The fraction of sp³-hybridized carbons (Fsp3) is 0.350. The zero-order valence-electron chi connectivity index (χ0n) is 15.9. The van der Waals surface area contributed by atoms with Crippen LogP contribution in [0.15, 0.2) is 42.5 Å². The molecule has 6 nitrogen and oxygen atoms in total. The van der Waals surface area contributed by atoms with E-state index in [0.29, 0.717) is 30.0 Å². The maximum Gasteiger partial charge on any atom is 0.251 e. The Morgan fingerprint density at radius 2 is 1.81 bits per heavy atom. The minimum atomic E-state index is -3.39. The molecule has 0 aliphatic carbocycles. The van der Waals surface area contributed by atoms with Gasteiger partial charge in [0.05, 0.1) is 18.6 Å². The summed E-state index contributed by atoms with van der Waals surface area (Å²) in [6.07, 6.45) is 2.74. The van der Waals surface area contributed by atoms with Crippen LogP contribution in [0.3, 0.4) is 0 Å². The summed E-state index contributed by atoms with van der Waals surface area (Å²) in [5.74, 6) is 0.643. The van der Waals surface area contributed by atoms with Crippen LogP contribution in [-0.2, 0) is 16.4 Å². The number of amides is 1. The molecule has 27 heavy (non-hydrogen) atoms. The third-order valence-electron chi connectivity index (χ3n) is 4.04. The van der Waals surface area contributed by atoms with Crippen LogP contribution in [-0.4, -0.2) is 33.7 Å². The van der Waals surface area contributed by atoms with Crippen LogP contribution in [0.1, 0.15) is 34.8 Å². The van der Waals surface area contributed by atoms with Crippen LogP contribution >= 0.6 is 0 Å². The zero-order chi connectivity index (χ0) is 19.9. The van der Waals surface area contributed by atoms with Crippen molar-refractivity contribution in [2.45, 2.75) is 26.7 Å². The summed E-state index contributed by atoms with van der Waals surface area (Å²) in [6.45, 7) is 4.86. The molecule has 0 atom stereocenters. The minimum Gasteiger partial charge on any atom is -0.494 e. The largest absolute Gasteiger partial charge is 0.494 e. The van der Waals surface area contributed by atoms with Crippen molar-refractivity contribution < 1.29 is 17.9 Å². The number of anilines is 1. The number of hydrogen-bond donors (Lipinski definition) is 2. The van der Waals surface area contributed by atoms with Crippen molar-refractivity contribution in [3.8, 4) is 5.75 Å². The Labute approximate surface area is 161 Å². The maximum atomic E-state index is 12.4. The Balaban J connectivity index is 1.88. The topological polar surface area (TPSA) is 84.5 Å². The highest BCUT2D eigenvalue weighted by molar-refractivity contribution is 7.92. The molecular formula is C20H26N2O4S. The lowest BCUT2D eigenvalue weighted by atomic mass is 10.1. The first-order valence-corrected chi connectivity index (χ1v) is 10.8. The van der Waals surface area contributed by atoms with Gasteiger partial charge < -0.3 is 10.1 Å². The first-order valence-electron chi connectivity index (χ1n) is 8.87. The lowest BCUT2D eigenvalue weighted by molar-refractivity contribution is 0.0952. The number of hydrogen-bond acceptors (Lipinski definition) is 4. The Hall–Kier alpha value is -2.54. The summed E-state index contributed by atoms with van der Waals surface area (Å²) in [5.41, 5.74) is 2.67. The van der Waals surface area contributed by atoms with Gasteiger partial charge in [0.2, 0.25) is 10.0 Å². The van der Waals surface area contributed by atoms with E-state index < -0.39 is 10.0 Å². The quantitative estimate of drug-likeness (QED) is 0.644. The van der Waals surface area contributed by atoms with Gasteiger partial charge in [0.25, 0.3) is 5.91 Å². The van der Waals surface area contributed by atoms with Gasteiger partial charge >= 0.3 is 0 Å². The summed E-state index contributed by atoms with van der Waals surface area (Å²) < 4.78 is 30.7. The summed E-state index contributed by atoms with van der Waals surface area (Å²) in [4.78, 5) is 12.4. The van der Waals surface area contributed by atoms with Gasteiger partial charge in [0.1, 0.15) is 5.75 Å². The average Bonchev–Trinajstić information content (AvgIpc) is 2.61. The normalized spacial score (nSPS) is 11.1. The molecule has 2 aromatic rings. The van der Waals surface area contributed by atoms with Crippen LogP contribution < -0.4 is 14.8 Å². The van der Waals surface area contributed by atoms with Gasteiger partial charge in [0, 0.05) is 12.1 Å². The average molecular weight is 391 g/mol. The Morgan fingerprint density at radius 3 is 2.44 bits per heavy atom. The summed E-state index contributed by atoms with van der Waals surface area (Å²) in [5, 5.41) is 2.89. The van der Waals surface area contributed by atoms with Crippen LogP contribution in [0.5, 0.6) is 5.75 Å². The molecule has 1 amide bonds. The fourth-order valence-corrected chi connectivity index (χ4v) is 3.32. The summed E-state index contributed by atoms with van der Waals surface area (Å²) in [6, 6.07) is 12.9. The molecule has 0 heterocycles. The summed E-state index contributed by atoms with van der Waals surface area (Å²) >= 11 is 0. The van der Waals surface area contributed by atoms with Gasteiger partial charge in [-0.1, -0.05) is 18.2 Å². The monoisotopic (exact) mass is 390 g/mol. The van der Waals surface area contributed by atoms with Gasteiger partial charge in [-0.25, -0.2) is 8.42 Å². The molecule has 0 saturated carbocycles. The van der Waals surface area contributed by atoms with E-state index in [0.717, 1.165) is 24.8 Å². The molecule has 0 aliphatic heterocycles. The molecule has 2 aromatic carbocycles. The Bertz CT molecular complexity index is 877. The van der Waals surface area contributed by atoms with Crippen molar-refractivity contribution in [2.75, 3.05) is 24.1 Å². The van der Waals surface area contributed by atoms with Crippen molar-refractivity contribution in [2.24, 2.45) is 0 Å². The van der Waals surface area contributed by atoms with Crippen LogP contribution in [0.2, 0.25) is 0 Å². The van der Waals surface area contributed by atoms with Crippen molar-refractivity contribution in [3.05, 3.63) is 59.2 Å². The van der Waals surface area contributed by atoms with Gasteiger partial charge in [-0.2, -0.15) is 0 Å². The third-order valence-corrected chi connectivity index (χ3v) is 4.63. The Kier molecular flexibility index (Phi) is 7.24. The second-order valence-corrected chi connectivity index (χ2v) is 8.04. The summed E-state index contributed by atoms with van der Waals surface area (Å²) in [7, 11) is -3.39. The first-order chi connectivity index (χ1) is 12.8. The minimum absolute atomic E-state index is 0.212. The number of aryl methyl sites for hydroxylation is 1. The fourth-order valence-electron chi connectivity index (χ4n) is 2.70. The zero-order valence-corrected chi connectivity index (χ0v) is 16.7. The molecule has 7 heteroatoms. The van der Waals surface area contributed by atoms with E-state index in [1.807, 2.05) is 31.2 Å². The number of carbonyl (C=O) groups is 1. The second-order valence-electron chi connectivity index (χ2n) is 6.29. The van der Waals surface area contributed by atoms with Gasteiger partial charge in [-0.05, 0) is 62.1 Å². The van der Waals surface area contributed by atoms with E-state index in [4.69, 9.17) is 4.74 Å². The predicted molar refractivity (Wildman–Crippen MR) is 108 cm³/mol. The highest BCUT2D eigenvalue weighted by atomic mass is 32.2. The van der Waals surface area contributed by atoms with Crippen LogP contribution in [0.25, 0.3) is 0 Å². The van der Waals surface area contributed by atoms with Gasteiger partial charge in [-0.15, -0.1) is 0 Å². The molecule has 0 spiro atoms. The van der Waals surface area contributed by atoms with E-state index in [1.54, 1.807) is 25.1 Å². The number of benzene rings is 2. The van der Waals surface area contributed by atoms with Crippen LogP contribution in [0.4, 0.5) is 5.69 Å². The Morgan fingerprint density at radius 1 is 1.11 bits per heavy atom. The highest BCUT2D eigenvalue weighted by Crippen LogP contribution is 2.20. The number of carbonyl (C=O) groups excluding carboxylic acids is 1. The third kappa shape index (κ3) is 6.60. The van der Waals surface area contributed by atoms with Crippen molar-refractivity contribution in [3.63, 3.8) is 0 Å². The van der Waals surface area contributed by atoms with E-state index in [9.17, 15) is 13.2 Å². The molecule has 0 unspecified atom stereocenters. The van der Waals surface area contributed by atoms with E-state index in [1.165, 1.54) is 5.56 Å². The van der Waals surface area contributed by atoms with Crippen LogP contribution in [0, 0.1) is 6.92 Å². The van der Waals surface area contributed by atoms with E-state index in [2.05, 4.69) is 10.0 Å². The van der Waals surface area contributed by atoms with Gasteiger partial charge in [0.15, 0.2) is 0 Å². The number of rotatable bonds is 9. The van der Waals surface area contributed by atoms with Crippen molar-refractivity contribution in [1.82, 2.24) is 5.32 Å². The molecule has 0 bridgehead atoms. The standard InChI is InChI=1S/C20H26N2O4S/c1-4-26-17-12-10-16(11-13-17)7-6-14-21-20(23)18-8-5-9-19(15(18)2)22-27(3,24)25/h5,8-13,22H,4,6-7,14H2,1-3H3,(H,21,23). The van der Waals surface area contributed by atoms with Crippen molar-refractivity contribution in [1.29, 1.82) is 0 Å². The molecule has 0 fully saturated rings. The molecule has 0 saturated heterocycles. The van der Waals surface area contributed by atoms with E-state index in [-0.39, 0.29) is 5.91 Å². The number of nitrogens with one attached hydrogen (secondary N) is 2. The number of ether oxygens (including phenoxy) is 1. The SMILES string of the molecule is CCOc1ccc(CCCNC(=O)c2cccc(NS(C)(=O)=O)c2C)cc1. The van der Waals surface area contributed by atoms with E-state index >= 15 is 0 Å². The molecule has 0 aromatic heterocycles. The van der Waals surface area contributed by atoms with Gasteiger partial charge in [-0.3, -0.25) is 9.52 Å². The molecule has 146 valence electrons. The number of sulfonamides is 1. The van der Waals surface area contributed by atoms with Crippen molar-refractivity contribution >= 4 is 21.6 Å². The molecule has 2 rings (SSSR count). The molecule has 0 radical (unpaired) electrons.